The van der Waals surface area contributed by atoms with Crippen LogP contribution in [0.15, 0.2) is 48.5 Å². The molecule has 6 heteroatoms. The topological polar surface area (TPSA) is 58.6 Å². The predicted molar refractivity (Wildman–Crippen MR) is 119 cm³/mol. The van der Waals surface area contributed by atoms with Gasteiger partial charge >= 0.3 is 0 Å². The molecule has 0 aromatic heterocycles. The fourth-order valence-electron chi connectivity index (χ4n) is 3.28. The van der Waals surface area contributed by atoms with Gasteiger partial charge in [0.1, 0.15) is 11.1 Å². The molecule has 2 amide bonds. The van der Waals surface area contributed by atoms with Gasteiger partial charge in [0.05, 0.1) is 18.0 Å². The first kappa shape index (κ1) is 21.2. The van der Waals surface area contributed by atoms with Gasteiger partial charge in [-0.3, -0.25) is 14.5 Å². The maximum atomic E-state index is 12.7. The summed E-state index contributed by atoms with van der Waals surface area (Å²) < 4.78 is 5.73. The van der Waals surface area contributed by atoms with E-state index >= 15 is 0 Å². The molecule has 0 aliphatic carbocycles. The predicted octanol–water partition coefficient (Wildman–Crippen LogP) is 5.24. The van der Waals surface area contributed by atoms with Crippen LogP contribution in [0, 0.1) is 5.41 Å². The number of carbonyl (C=O) groups excluding carboxylic acids is 2. The monoisotopic (exact) mass is 412 g/mol. The van der Waals surface area contributed by atoms with Gasteiger partial charge in [-0.25, -0.2) is 0 Å². The number of hydrogen-bond donors (Lipinski definition) is 1. The van der Waals surface area contributed by atoms with E-state index in [9.17, 15) is 9.59 Å². The Morgan fingerprint density at radius 2 is 1.86 bits per heavy atom. The van der Waals surface area contributed by atoms with Crippen molar-refractivity contribution in [1.29, 1.82) is 0 Å². The molecule has 2 aromatic rings. The second-order valence-corrected chi connectivity index (χ2v) is 9.30. The van der Waals surface area contributed by atoms with Gasteiger partial charge in [0, 0.05) is 12.1 Å². The summed E-state index contributed by atoms with van der Waals surface area (Å²) in [6.45, 7) is 8.59. The summed E-state index contributed by atoms with van der Waals surface area (Å²) in [4.78, 5) is 26.6. The van der Waals surface area contributed by atoms with Crippen LogP contribution in [0.1, 0.15) is 45.1 Å². The van der Waals surface area contributed by atoms with Gasteiger partial charge in [0.25, 0.3) is 0 Å². The Morgan fingerprint density at radius 3 is 2.52 bits per heavy atom. The Balaban J connectivity index is 1.79. The molecule has 2 aromatic carbocycles. The van der Waals surface area contributed by atoms with Crippen molar-refractivity contribution in [3.8, 4) is 5.75 Å². The first-order valence-corrected chi connectivity index (χ1v) is 10.9. The van der Waals surface area contributed by atoms with E-state index in [1.165, 1.54) is 0 Å². The van der Waals surface area contributed by atoms with Crippen LogP contribution in [0.4, 0.5) is 11.4 Å². The molecule has 1 heterocycles. The Bertz CT molecular complexity index is 874. The first-order valence-electron chi connectivity index (χ1n) is 9.84. The molecule has 0 bridgehead atoms. The Hall–Kier alpha value is -2.47. The molecule has 1 fully saturated rings. The van der Waals surface area contributed by atoms with Gasteiger partial charge in [-0.1, -0.05) is 45.0 Å². The normalized spacial score (nSPS) is 16.8. The van der Waals surface area contributed by atoms with Crippen LogP contribution in [0.2, 0.25) is 0 Å². The van der Waals surface area contributed by atoms with Gasteiger partial charge in [-0.2, -0.15) is 0 Å². The SMILES string of the molecule is CCOc1ccccc1N1C(=O)CS[C@@H]1c1ccc(NC(=O)CC(C)(C)C)cc1. The molecular weight excluding hydrogens is 384 g/mol. The highest BCUT2D eigenvalue weighted by molar-refractivity contribution is 8.00. The number of nitrogens with one attached hydrogen (secondary N) is 1. The maximum absolute atomic E-state index is 12.7. The minimum atomic E-state index is -0.122. The average molecular weight is 413 g/mol. The number of hydrogen-bond acceptors (Lipinski definition) is 4. The van der Waals surface area contributed by atoms with Crippen molar-refractivity contribution in [2.75, 3.05) is 22.6 Å². The summed E-state index contributed by atoms with van der Waals surface area (Å²) in [6.07, 6.45) is 0.462. The van der Waals surface area contributed by atoms with E-state index in [2.05, 4.69) is 5.32 Å². The van der Waals surface area contributed by atoms with Gasteiger partial charge in [-0.05, 0) is 42.2 Å². The van der Waals surface area contributed by atoms with E-state index in [1.54, 1.807) is 11.8 Å². The lowest BCUT2D eigenvalue weighted by molar-refractivity contribution is -0.118. The smallest absolute Gasteiger partial charge is 0.238 e. The van der Waals surface area contributed by atoms with E-state index in [1.807, 2.05) is 81.1 Å². The lowest BCUT2D eigenvalue weighted by Gasteiger charge is -2.26. The number of ether oxygens (including phenoxy) is 1. The number of nitrogens with zero attached hydrogens (tertiary/aromatic N) is 1. The van der Waals surface area contributed by atoms with E-state index < -0.39 is 0 Å². The van der Waals surface area contributed by atoms with E-state index in [4.69, 9.17) is 4.74 Å². The highest BCUT2D eigenvalue weighted by Crippen LogP contribution is 2.44. The average Bonchev–Trinajstić information content (AvgIpc) is 3.03. The standard InChI is InChI=1S/C23H28N2O3S/c1-5-28-19-9-7-6-8-18(19)25-21(27)15-29-22(25)16-10-12-17(13-11-16)24-20(26)14-23(2,3)4/h6-13,22H,5,14-15H2,1-4H3,(H,24,26)/t22-/m1/s1. The zero-order valence-corrected chi connectivity index (χ0v) is 18.2. The van der Waals surface area contributed by atoms with Crippen molar-refractivity contribution >= 4 is 35.0 Å². The summed E-state index contributed by atoms with van der Waals surface area (Å²) >= 11 is 1.59. The molecule has 0 saturated carbocycles. The molecule has 1 aliphatic heterocycles. The second kappa shape index (κ2) is 8.91. The van der Waals surface area contributed by atoms with Crippen molar-refractivity contribution < 1.29 is 14.3 Å². The molecule has 0 unspecified atom stereocenters. The summed E-state index contributed by atoms with van der Waals surface area (Å²) in [5.41, 5.74) is 2.51. The highest BCUT2D eigenvalue weighted by atomic mass is 32.2. The summed E-state index contributed by atoms with van der Waals surface area (Å²) in [5.74, 6) is 1.20. The highest BCUT2D eigenvalue weighted by Gasteiger charge is 2.35. The summed E-state index contributed by atoms with van der Waals surface area (Å²) in [6, 6.07) is 15.4. The zero-order valence-electron chi connectivity index (χ0n) is 17.4. The third-order valence-corrected chi connectivity index (χ3v) is 5.68. The van der Waals surface area contributed by atoms with Crippen LogP contribution in [0.3, 0.4) is 0 Å². The third-order valence-electron chi connectivity index (χ3n) is 4.46. The first-order chi connectivity index (χ1) is 13.8. The van der Waals surface area contributed by atoms with Crippen LogP contribution < -0.4 is 15.0 Å². The van der Waals surface area contributed by atoms with Crippen LogP contribution in [0.5, 0.6) is 5.75 Å². The molecule has 1 atom stereocenters. The molecule has 1 saturated heterocycles. The minimum absolute atomic E-state index is 0.00272. The Morgan fingerprint density at radius 1 is 1.17 bits per heavy atom. The van der Waals surface area contributed by atoms with Gasteiger partial charge in [0.2, 0.25) is 11.8 Å². The number of anilines is 2. The largest absolute Gasteiger partial charge is 0.492 e. The van der Waals surface area contributed by atoms with Crippen molar-refractivity contribution in [3.05, 3.63) is 54.1 Å². The van der Waals surface area contributed by atoms with Crippen LogP contribution in [-0.4, -0.2) is 24.2 Å². The molecule has 3 rings (SSSR count). The molecule has 1 N–H and O–H groups in total. The second-order valence-electron chi connectivity index (χ2n) is 8.24. The van der Waals surface area contributed by atoms with Crippen molar-refractivity contribution in [2.45, 2.75) is 39.5 Å². The number of amides is 2. The molecule has 0 radical (unpaired) electrons. The van der Waals surface area contributed by atoms with Gasteiger partial charge in [0.15, 0.2) is 0 Å². The number of rotatable bonds is 6. The zero-order chi connectivity index (χ0) is 21.0. The fourth-order valence-corrected chi connectivity index (χ4v) is 4.45. The molecule has 1 aliphatic rings. The van der Waals surface area contributed by atoms with Crippen molar-refractivity contribution in [1.82, 2.24) is 0 Å². The Kier molecular flexibility index (Phi) is 6.52. The van der Waals surface area contributed by atoms with Gasteiger partial charge in [-0.15, -0.1) is 11.8 Å². The summed E-state index contributed by atoms with van der Waals surface area (Å²) in [7, 11) is 0. The number of benzene rings is 2. The molecule has 29 heavy (non-hydrogen) atoms. The van der Waals surface area contributed by atoms with Crippen LogP contribution in [0.25, 0.3) is 0 Å². The van der Waals surface area contributed by atoms with Crippen molar-refractivity contribution in [2.24, 2.45) is 5.41 Å². The van der Waals surface area contributed by atoms with Crippen LogP contribution >= 0.6 is 11.8 Å². The molecule has 0 spiro atoms. The lowest BCUT2D eigenvalue weighted by Crippen LogP contribution is -2.28. The number of thioether (sulfide) groups is 1. The lowest BCUT2D eigenvalue weighted by atomic mass is 9.92. The molecular formula is C23H28N2O3S. The third kappa shape index (κ3) is 5.32. The number of para-hydroxylation sites is 2. The minimum Gasteiger partial charge on any atom is -0.492 e. The quantitative estimate of drug-likeness (QED) is 0.705. The van der Waals surface area contributed by atoms with Crippen molar-refractivity contribution in [3.63, 3.8) is 0 Å². The fraction of sp³-hybridized carbons (Fsp3) is 0.391. The molecule has 5 nitrogen and oxygen atoms in total. The summed E-state index contributed by atoms with van der Waals surface area (Å²) in [5, 5.41) is 2.83. The maximum Gasteiger partial charge on any atom is 0.238 e. The Labute approximate surface area is 176 Å². The van der Waals surface area contributed by atoms with E-state index in [-0.39, 0.29) is 22.6 Å². The molecule has 154 valence electrons. The van der Waals surface area contributed by atoms with Gasteiger partial charge < -0.3 is 10.1 Å². The number of carbonyl (C=O) groups is 2. The van der Waals surface area contributed by atoms with E-state index in [0.29, 0.717) is 24.5 Å². The van der Waals surface area contributed by atoms with Crippen LogP contribution in [-0.2, 0) is 9.59 Å². The van der Waals surface area contributed by atoms with E-state index in [0.717, 1.165) is 16.9 Å².